The van der Waals surface area contributed by atoms with Crippen molar-refractivity contribution in [2.24, 2.45) is 7.05 Å². The van der Waals surface area contributed by atoms with Crippen LogP contribution in [-0.2, 0) is 17.1 Å². The number of benzene rings is 1. The van der Waals surface area contributed by atoms with Gasteiger partial charge in [0, 0.05) is 13.2 Å². The minimum absolute atomic E-state index is 0.119. The molecule has 0 atom stereocenters. The van der Waals surface area contributed by atoms with Crippen molar-refractivity contribution in [3.63, 3.8) is 0 Å². The van der Waals surface area contributed by atoms with Gasteiger partial charge >= 0.3 is 5.97 Å². The summed E-state index contributed by atoms with van der Waals surface area (Å²) in [6.45, 7) is 0. The largest absolute Gasteiger partial charge is 0.477 e. The van der Waals surface area contributed by atoms with Crippen molar-refractivity contribution < 1.29 is 18.3 Å². The molecule has 0 unspecified atom stereocenters. The van der Waals surface area contributed by atoms with Crippen molar-refractivity contribution >= 4 is 27.4 Å². The molecule has 106 valence electrons. The normalized spacial score (nSPS) is 11.2. The molecule has 1 aromatic carbocycles. The van der Waals surface area contributed by atoms with E-state index in [1.807, 2.05) is 0 Å². The summed E-state index contributed by atoms with van der Waals surface area (Å²) in [5.74, 6) is -1.20. The summed E-state index contributed by atoms with van der Waals surface area (Å²) in [6.07, 6.45) is 1.23. The van der Waals surface area contributed by atoms with Crippen molar-refractivity contribution in [3.05, 3.63) is 42.2 Å². The number of aromatic carboxylic acids is 1. The van der Waals surface area contributed by atoms with E-state index in [2.05, 4.69) is 4.72 Å². The van der Waals surface area contributed by atoms with E-state index in [0.717, 1.165) is 6.07 Å². The molecule has 4 N–H and O–H groups in total. The van der Waals surface area contributed by atoms with Crippen LogP contribution in [0.3, 0.4) is 0 Å². The third-order valence-electron chi connectivity index (χ3n) is 2.71. The van der Waals surface area contributed by atoms with Gasteiger partial charge in [0.2, 0.25) is 0 Å². The Morgan fingerprint density at radius 3 is 2.55 bits per heavy atom. The number of nitrogens with one attached hydrogen (secondary N) is 1. The molecule has 0 spiro atoms. The van der Waals surface area contributed by atoms with Crippen LogP contribution in [0.4, 0.5) is 11.4 Å². The minimum atomic E-state index is -3.89. The number of para-hydroxylation sites is 2. The number of nitrogens with zero attached hydrogens (tertiary/aromatic N) is 1. The van der Waals surface area contributed by atoms with Crippen molar-refractivity contribution in [1.82, 2.24) is 4.57 Å². The molecule has 1 heterocycles. The van der Waals surface area contributed by atoms with Crippen LogP contribution in [0.2, 0.25) is 0 Å². The van der Waals surface area contributed by atoms with Crippen molar-refractivity contribution in [1.29, 1.82) is 0 Å². The molecule has 0 aliphatic carbocycles. The predicted octanol–water partition coefficient (Wildman–Crippen LogP) is 1.11. The first kappa shape index (κ1) is 13.9. The Bertz CT molecular complexity index is 765. The highest BCUT2D eigenvalue weighted by molar-refractivity contribution is 7.92. The Hall–Kier alpha value is -2.48. The van der Waals surface area contributed by atoms with Gasteiger partial charge in [0.1, 0.15) is 10.6 Å². The van der Waals surface area contributed by atoms with Crippen molar-refractivity contribution in [2.75, 3.05) is 10.5 Å². The van der Waals surface area contributed by atoms with E-state index in [-0.39, 0.29) is 22.0 Å². The molecule has 0 fully saturated rings. The Labute approximate surface area is 115 Å². The number of hydrogen-bond acceptors (Lipinski definition) is 4. The van der Waals surface area contributed by atoms with E-state index in [1.165, 1.54) is 23.9 Å². The van der Waals surface area contributed by atoms with Gasteiger partial charge in [0.05, 0.1) is 11.4 Å². The second-order valence-electron chi connectivity index (χ2n) is 4.17. The number of anilines is 2. The zero-order valence-electron chi connectivity index (χ0n) is 10.6. The lowest BCUT2D eigenvalue weighted by Gasteiger charge is -2.08. The highest BCUT2D eigenvalue weighted by atomic mass is 32.2. The van der Waals surface area contributed by atoms with Gasteiger partial charge in [-0.15, -0.1) is 0 Å². The molecule has 2 aromatic rings. The first-order valence-corrected chi connectivity index (χ1v) is 7.06. The molecule has 7 nitrogen and oxygen atoms in total. The lowest BCUT2D eigenvalue weighted by atomic mass is 10.3. The van der Waals surface area contributed by atoms with Crippen LogP contribution in [-0.4, -0.2) is 24.1 Å². The van der Waals surface area contributed by atoms with E-state index in [4.69, 9.17) is 10.8 Å². The van der Waals surface area contributed by atoms with Gasteiger partial charge in [-0.1, -0.05) is 12.1 Å². The summed E-state index contributed by atoms with van der Waals surface area (Å²) in [5.41, 5.74) is 6.07. The monoisotopic (exact) mass is 295 g/mol. The molecular formula is C12H13N3O4S. The number of aryl methyl sites for hydroxylation is 1. The molecule has 0 saturated heterocycles. The topological polar surface area (TPSA) is 114 Å². The van der Waals surface area contributed by atoms with E-state index in [1.54, 1.807) is 18.2 Å². The predicted molar refractivity (Wildman–Crippen MR) is 74.0 cm³/mol. The van der Waals surface area contributed by atoms with Crippen LogP contribution >= 0.6 is 0 Å². The molecule has 20 heavy (non-hydrogen) atoms. The van der Waals surface area contributed by atoms with E-state index >= 15 is 0 Å². The van der Waals surface area contributed by atoms with E-state index in [9.17, 15) is 13.2 Å². The summed E-state index contributed by atoms with van der Waals surface area (Å²) in [7, 11) is -2.43. The molecular weight excluding hydrogens is 282 g/mol. The highest BCUT2D eigenvalue weighted by Crippen LogP contribution is 2.22. The maximum atomic E-state index is 12.2. The van der Waals surface area contributed by atoms with Crippen LogP contribution < -0.4 is 10.5 Å². The lowest BCUT2D eigenvalue weighted by Crippen LogP contribution is -2.13. The molecule has 2 rings (SSSR count). The molecule has 0 aliphatic rings. The summed E-state index contributed by atoms with van der Waals surface area (Å²) < 4.78 is 27.9. The zero-order valence-corrected chi connectivity index (χ0v) is 11.4. The lowest BCUT2D eigenvalue weighted by molar-refractivity contribution is 0.0686. The Morgan fingerprint density at radius 2 is 2.00 bits per heavy atom. The summed E-state index contributed by atoms with van der Waals surface area (Å²) in [5, 5.41) is 8.92. The fraction of sp³-hybridized carbons (Fsp3) is 0.0833. The van der Waals surface area contributed by atoms with E-state index in [0.29, 0.717) is 0 Å². The van der Waals surface area contributed by atoms with Crippen molar-refractivity contribution in [2.45, 2.75) is 4.90 Å². The van der Waals surface area contributed by atoms with E-state index < -0.39 is 16.0 Å². The number of nitrogens with two attached hydrogens (primary N) is 1. The van der Waals surface area contributed by atoms with Gasteiger partial charge in [-0.2, -0.15) is 0 Å². The average Bonchev–Trinajstić information content (AvgIpc) is 2.75. The number of nitrogen functional groups attached to an aromatic ring is 1. The maximum Gasteiger partial charge on any atom is 0.352 e. The number of rotatable bonds is 4. The van der Waals surface area contributed by atoms with Crippen LogP contribution in [0.1, 0.15) is 10.5 Å². The average molecular weight is 295 g/mol. The zero-order chi connectivity index (χ0) is 14.9. The van der Waals surface area contributed by atoms with Gasteiger partial charge in [0.25, 0.3) is 10.0 Å². The number of carbonyl (C=O) groups is 1. The maximum absolute atomic E-state index is 12.2. The fourth-order valence-corrected chi connectivity index (χ4v) is 2.84. The standard InChI is InChI=1S/C12H13N3O4S/c1-15-7-8(6-11(15)12(16)17)20(18,19)14-10-5-3-2-4-9(10)13/h2-7,14H,13H2,1H3,(H,16,17). The molecule has 0 bridgehead atoms. The number of hydrogen-bond donors (Lipinski definition) is 3. The first-order valence-electron chi connectivity index (χ1n) is 5.58. The Balaban J connectivity index is 2.39. The summed E-state index contributed by atoms with van der Waals surface area (Å²) >= 11 is 0. The number of sulfonamides is 1. The SMILES string of the molecule is Cn1cc(S(=O)(=O)Nc2ccccc2N)cc1C(=O)O. The van der Waals surface area contributed by atoms with Gasteiger partial charge in [0.15, 0.2) is 0 Å². The summed E-state index contributed by atoms with van der Waals surface area (Å²) in [6, 6.07) is 7.49. The Kier molecular flexibility index (Phi) is 3.41. The van der Waals surface area contributed by atoms with Gasteiger partial charge in [-0.25, -0.2) is 13.2 Å². The smallest absolute Gasteiger partial charge is 0.352 e. The Morgan fingerprint density at radius 1 is 1.35 bits per heavy atom. The molecule has 0 radical (unpaired) electrons. The molecule has 0 aliphatic heterocycles. The molecule has 0 amide bonds. The van der Waals surface area contributed by atoms with Gasteiger partial charge in [-0.3, -0.25) is 4.72 Å². The quantitative estimate of drug-likeness (QED) is 0.731. The second-order valence-corrected chi connectivity index (χ2v) is 5.85. The third-order valence-corrected chi connectivity index (χ3v) is 4.05. The van der Waals surface area contributed by atoms with Crippen LogP contribution in [0.5, 0.6) is 0 Å². The fourth-order valence-electron chi connectivity index (χ4n) is 1.69. The highest BCUT2D eigenvalue weighted by Gasteiger charge is 2.20. The number of aromatic nitrogens is 1. The van der Waals surface area contributed by atoms with Gasteiger partial charge < -0.3 is 15.4 Å². The minimum Gasteiger partial charge on any atom is -0.477 e. The van der Waals surface area contributed by atoms with Crippen molar-refractivity contribution in [3.8, 4) is 0 Å². The summed E-state index contributed by atoms with van der Waals surface area (Å²) in [4.78, 5) is 10.8. The van der Waals surface area contributed by atoms with Crippen LogP contribution in [0.15, 0.2) is 41.4 Å². The number of carboxylic acid groups (broad SMARTS) is 1. The molecule has 8 heteroatoms. The first-order chi connectivity index (χ1) is 9.31. The molecule has 0 saturated carbocycles. The molecule has 1 aromatic heterocycles. The van der Waals surface area contributed by atoms with Crippen LogP contribution in [0, 0.1) is 0 Å². The second kappa shape index (κ2) is 4.89. The van der Waals surface area contributed by atoms with Gasteiger partial charge in [-0.05, 0) is 18.2 Å². The third kappa shape index (κ3) is 2.59. The number of carboxylic acids is 1. The van der Waals surface area contributed by atoms with Crippen LogP contribution in [0.25, 0.3) is 0 Å².